The first-order valence-corrected chi connectivity index (χ1v) is 14.0. The van der Waals surface area contributed by atoms with Crippen molar-refractivity contribution in [3.05, 3.63) is 95.9 Å². The molecule has 0 unspecified atom stereocenters. The second kappa shape index (κ2) is 10.3. The molecule has 1 saturated carbocycles. The zero-order chi connectivity index (χ0) is 27.9. The van der Waals surface area contributed by atoms with E-state index in [1.54, 1.807) is 13.0 Å². The van der Waals surface area contributed by atoms with Crippen molar-refractivity contribution in [2.75, 3.05) is 5.32 Å². The van der Waals surface area contributed by atoms with Gasteiger partial charge in [-0.3, -0.25) is 4.79 Å². The molecular formula is C34H35N3O3. The SMILES string of the molecule is Cc1cc(NC(=O)c2cc3cc(-c4ccc(C(C)(C)C)cc4)ccc3n2-c2ccc(OC3CCCC3)cc2)no1. The lowest BCUT2D eigenvalue weighted by Gasteiger charge is -2.19. The number of fused-ring (bicyclic) bond motifs is 1. The number of nitrogens with one attached hydrogen (secondary N) is 1. The Morgan fingerprint density at radius 1 is 0.925 bits per heavy atom. The van der Waals surface area contributed by atoms with Gasteiger partial charge in [0.15, 0.2) is 5.82 Å². The Morgan fingerprint density at radius 3 is 2.27 bits per heavy atom. The van der Waals surface area contributed by atoms with Crippen LogP contribution in [0.3, 0.4) is 0 Å². The van der Waals surface area contributed by atoms with E-state index in [9.17, 15) is 4.79 Å². The first-order valence-electron chi connectivity index (χ1n) is 14.0. The van der Waals surface area contributed by atoms with Gasteiger partial charge < -0.3 is 19.1 Å². The summed E-state index contributed by atoms with van der Waals surface area (Å²) in [7, 11) is 0. The normalized spacial score (nSPS) is 14.1. The van der Waals surface area contributed by atoms with Gasteiger partial charge in [-0.2, -0.15) is 0 Å². The molecule has 2 heterocycles. The van der Waals surface area contributed by atoms with E-state index >= 15 is 0 Å². The number of benzene rings is 3. The molecule has 6 nitrogen and oxygen atoms in total. The standard InChI is InChI=1S/C34H35N3O3/c1-22-19-32(36-40-22)35-33(38)31-21-25-20-24(23-9-12-26(13-10-23)34(2,3)4)11-18-30(25)37(31)27-14-16-29(17-15-27)39-28-7-5-6-8-28/h9-21,28H,5-8H2,1-4H3,(H,35,36,38). The summed E-state index contributed by atoms with van der Waals surface area (Å²) in [6.45, 7) is 8.45. The molecule has 1 N–H and O–H groups in total. The van der Waals surface area contributed by atoms with Crippen LogP contribution in [0.5, 0.6) is 5.75 Å². The Bertz CT molecular complexity index is 1650. The predicted molar refractivity (Wildman–Crippen MR) is 159 cm³/mol. The van der Waals surface area contributed by atoms with Crippen molar-refractivity contribution in [2.24, 2.45) is 0 Å². The fourth-order valence-corrected chi connectivity index (χ4v) is 5.48. The molecule has 0 radical (unpaired) electrons. The Balaban J connectivity index is 1.38. The number of ether oxygens (including phenoxy) is 1. The molecule has 0 bridgehead atoms. The van der Waals surface area contributed by atoms with Gasteiger partial charge >= 0.3 is 0 Å². The fraction of sp³-hybridized carbons (Fsp3) is 0.294. The van der Waals surface area contributed by atoms with E-state index in [2.05, 4.69) is 73.7 Å². The summed E-state index contributed by atoms with van der Waals surface area (Å²) in [5.41, 5.74) is 5.98. The second-order valence-electron chi connectivity index (χ2n) is 11.8. The molecule has 40 heavy (non-hydrogen) atoms. The van der Waals surface area contributed by atoms with E-state index in [-0.39, 0.29) is 11.3 Å². The molecular weight excluding hydrogens is 498 g/mol. The summed E-state index contributed by atoms with van der Waals surface area (Å²) in [6, 6.07) is 26.7. The van der Waals surface area contributed by atoms with Crippen LogP contribution in [-0.2, 0) is 5.41 Å². The highest BCUT2D eigenvalue weighted by atomic mass is 16.5. The summed E-state index contributed by atoms with van der Waals surface area (Å²) >= 11 is 0. The third kappa shape index (κ3) is 5.26. The van der Waals surface area contributed by atoms with E-state index in [1.165, 1.54) is 18.4 Å². The summed E-state index contributed by atoms with van der Waals surface area (Å²) in [5, 5.41) is 7.81. The van der Waals surface area contributed by atoms with E-state index in [0.29, 0.717) is 23.4 Å². The highest BCUT2D eigenvalue weighted by Crippen LogP contribution is 2.32. The maximum Gasteiger partial charge on any atom is 0.273 e. The predicted octanol–water partition coefficient (Wildman–Crippen LogP) is 8.47. The van der Waals surface area contributed by atoms with Crippen LogP contribution in [0.25, 0.3) is 27.7 Å². The highest BCUT2D eigenvalue weighted by molar-refractivity contribution is 6.07. The molecule has 6 rings (SSSR count). The number of carbonyl (C=O) groups excluding carboxylic acids is 1. The molecule has 5 aromatic rings. The van der Waals surface area contributed by atoms with Gasteiger partial charge in [-0.05, 0) is 97.2 Å². The lowest BCUT2D eigenvalue weighted by molar-refractivity contribution is 0.102. The molecule has 204 valence electrons. The first kappa shape index (κ1) is 25.9. The van der Waals surface area contributed by atoms with Crippen molar-refractivity contribution in [2.45, 2.75) is 64.9 Å². The van der Waals surface area contributed by atoms with Crippen molar-refractivity contribution in [1.82, 2.24) is 9.72 Å². The number of rotatable bonds is 6. The van der Waals surface area contributed by atoms with Gasteiger partial charge in [0, 0.05) is 17.1 Å². The van der Waals surface area contributed by atoms with Crippen LogP contribution in [0.4, 0.5) is 5.82 Å². The van der Waals surface area contributed by atoms with Crippen molar-refractivity contribution in [1.29, 1.82) is 0 Å². The molecule has 1 amide bonds. The Morgan fingerprint density at radius 2 is 1.62 bits per heavy atom. The molecule has 1 fully saturated rings. The average molecular weight is 534 g/mol. The molecule has 0 atom stereocenters. The largest absolute Gasteiger partial charge is 0.490 e. The second-order valence-corrected chi connectivity index (χ2v) is 11.8. The number of anilines is 1. The third-order valence-electron chi connectivity index (χ3n) is 7.69. The number of aromatic nitrogens is 2. The van der Waals surface area contributed by atoms with Gasteiger partial charge in [-0.25, -0.2) is 0 Å². The Kier molecular flexibility index (Phi) is 6.70. The average Bonchev–Trinajstić information content (AvgIpc) is 3.69. The van der Waals surface area contributed by atoms with Crippen LogP contribution in [-0.4, -0.2) is 21.7 Å². The van der Waals surface area contributed by atoms with Gasteiger partial charge in [0.1, 0.15) is 17.2 Å². The lowest BCUT2D eigenvalue weighted by Crippen LogP contribution is -2.16. The number of hydrogen-bond acceptors (Lipinski definition) is 4. The van der Waals surface area contributed by atoms with Gasteiger partial charge in [-0.15, -0.1) is 0 Å². The summed E-state index contributed by atoms with van der Waals surface area (Å²) in [5.74, 6) is 1.62. The number of nitrogens with zero attached hydrogens (tertiary/aromatic N) is 2. The number of hydrogen-bond donors (Lipinski definition) is 1. The Labute approximate surface area is 235 Å². The quantitative estimate of drug-likeness (QED) is 0.238. The van der Waals surface area contributed by atoms with Crippen molar-refractivity contribution < 1.29 is 14.1 Å². The summed E-state index contributed by atoms with van der Waals surface area (Å²) < 4.78 is 13.3. The zero-order valence-corrected chi connectivity index (χ0v) is 23.5. The summed E-state index contributed by atoms with van der Waals surface area (Å²) in [4.78, 5) is 13.5. The van der Waals surface area contributed by atoms with Crippen LogP contribution >= 0.6 is 0 Å². The van der Waals surface area contributed by atoms with Crippen LogP contribution < -0.4 is 10.1 Å². The third-order valence-corrected chi connectivity index (χ3v) is 7.69. The molecule has 1 aliphatic rings. The zero-order valence-electron chi connectivity index (χ0n) is 23.5. The topological polar surface area (TPSA) is 69.3 Å². The maximum atomic E-state index is 13.5. The van der Waals surface area contributed by atoms with Crippen LogP contribution in [0, 0.1) is 6.92 Å². The van der Waals surface area contributed by atoms with Crippen molar-refractivity contribution >= 4 is 22.6 Å². The molecule has 1 aliphatic carbocycles. The van der Waals surface area contributed by atoms with E-state index in [4.69, 9.17) is 9.26 Å². The van der Waals surface area contributed by atoms with Gasteiger partial charge in [-0.1, -0.05) is 56.3 Å². The maximum absolute atomic E-state index is 13.5. The smallest absolute Gasteiger partial charge is 0.273 e. The first-order chi connectivity index (χ1) is 19.2. The Hall–Kier alpha value is -4.32. The fourth-order valence-electron chi connectivity index (χ4n) is 5.48. The molecule has 6 heteroatoms. The van der Waals surface area contributed by atoms with Crippen LogP contribution in [0.1, 0.15) is 68.3 Å². The minimum atomic E-state index is -0.258. The summed E-state index contributed by atoms with van der Waals surface area (Å²) in [6.07, 6.45) is 4.96. The van der Waals surface area contributed by atoms with Gasteiger partial charge in [0.05, 0.1) is 11.6 Å². The van der Waals surface area contributed by atoms with Crippen LogP contribution in [0.2, 0.25) is 0 Å². The highest BCUT2D eigenvalue weighted by Gasteiger charge is 2.20. The van der Waals surface area contributed by atoms with Crippen molar-refractivity contribution in [3.63, 3.8) is 0 Å². The van der Waals surface area contributed by atoms with E-state index in [0.717, 1.165) is 46.3 Å². The molecule has 3 aromatic carbocycles. The lowest BCUT2D eigenvalue weighted by atomic mass is 9.86. The van der Waals surface area contributed by atoms with E-state index in [1.807, 2.05) is 34.9 Å². The minimum Gasteiger partial charge on any atom is -0.490 e. The minimum absolute atomic E-state index is 0.0992. The number of carbonyl (C=O) groups is 1. The van der Waals surface area contributed by atoms with Gasteiger partial charge in [0.25, 0.3) is 5.91 Å². The molecule has 0 saturated heterocycles. The van der Waals surface area contributed by atoms with Crippen LogP contribution in [0.15, 0.2) is 83.4 Å². The number of amides is 1. The van der Waals surface area contributed by atoms with E-state index < -0.39 is 0 Å². The molecule has 2 aromatic heterocycles. The number of aryl methyl sites for hydroxylation is 1. The molecule has 0 aliphatic heterocycles. The van der Waals surface area contributed by atoms with Gasteiger partial charge in [0.2, 0.25) is 0 Å². The van der Waals surface area contributed by atoms with Crippen molar-refractivity contribution in [3.8, 4) is 22.6 Å². The molecule has 0 spiro atoms. The monoisotopic (exact) mass is 533 g/mol.